The normalized spacial score (nSPS) is 13.0. The molecule has 1 N–H and O–H groups in total. The molecular weight excluding hydrogens is 282 g/mol. The van der Waals surface area contributed by atoms with Gasteiger partial charge in [-0.1, -0.05) is 6.92 Å². The lowest BCUT2D eigenvalue weighted by molar-refractivity contribution is 0.439. The lowest BCUT2D eigenvalue weighted by Gasteiger charge is -2.16. The molecule has 0 bridgehead atoms. The first-order chi connectivity index (χ1) is 10.3. The largest absolute Gasteiger partial charge is 0.469 e. The maximum Gasteiger partial charge on any atom is 0.193 e. The average molecular weight is 303 g/mol. The molecule has 1 unspecified atom stereocenters. The van der Waals surface area contributed by atoms with E-state index in [1.807, 2.05) is 12.1 Å². The van der Waals surface area contributed by atoms with Gasteiger partial charge in [0.15, 0.2) is 4.96 Å². The van der Waals surface area contributed by atoms with Crippen LogP contribution in [0.2, 0.25) is 0 Å². The molecule has 0 fully saturated rings. The summed E-state index contributed by atoms with van der Waals surface area (Å²) >= 11 is 1.68. The fourth-order valence-electron chi connectivity index (χ4n) is 2.52. The molecule has 3 rings (SSSR count). The van der Waals surface area contributed by atoms with E-state index >= 15 is 0 Å². The van der Waals surface area contributed by atoms with E-state index in [2.05, 4.69) is 39.4 Å². The van der Waals surface area contributed by atoms with E-state index in [9.17, 15) is 0 Å². The molecule has 21 heavy (non-hydrogen) atoms. The minimum Gasteiger partial charge on any atom is -0.469 e. The Kier molecular flexibility index (Phi) is 4.72. The minimum atomic E-state index is 0.444. The van der Waals surface area contributed by atoms with Gasteiger partial charge in [0.2, 0.25) is 0 Å². The molecule has 0 amide bonds. The van der Waals surface area contributed by atoms with E-state index < -0.39 is 0 Å². The lowest BCUT2D eigenvalue weighted by atomic mass is 10.0. The van der Waals surface area contributed by atoms with Crippen molar-refractivity contribution in [2.45, 2.75) is 38.6 Å². The number of nitrogens with zero attached hydrogens (tertiary/aromatic N) is 2. The summed E-state index contributed by atoms with van der Waals surface area (Å²) in [6, 6.07) is 4.44. The second-order valence-electron chi connectivity index (χ2n) is 5.30. The van der Waals surface area contributed by atoms with Crippen molar-refractivity contribution < 1.29 is 4.42 Å². The second kappa shape index (κ2) is 6.91. The molecular formula is C16H21N3OS. The van der Waals surface area contributed by atoms with Crippen molar-refractivity contribution in [3.8, 4) is 0 Å². The van der Waals surface area contributed by atoms with E-state index in [0.717, 1.165) is 48.6 Å². The number of hydrogen-bond acceptors (Lipinski definition) is 4. The number of nitrogens with one attached hydrogen (secondary N) is 1. The van der Waals surface area contributed by atoms with Crippen LogP contribution in [0.15, 0.2) is 40.6 Å². The van der Waals surface area contributed by atoms with Gasteiger partial charge in [0.1, 0.15) is 5.76 Å². The van der Waals surface area contributed by atoms with Crippen molar-refractivity contribution in [3.63, 3.8) is 0 Å². The SMILES string of the molecule is CCCNC(CCc1ccco1)Cc1cn2ccsc2n1. The van der Waals surface area contributed by atoms with Gasteiger partial charge in [0, 0.05) is 36.7 Å². The van der Waals surface area contributed by atoms with E-state index in [-0.39, 0.29) is 0 Å². The minimum absolute atomic E-state index is 0.444. The molecule has 112 valence electrons. The molecule has 0 aliphatic heterocycles. The van der Waals surface area contributed by atoms with Gasteiger partial charge in [0.05, 0.1) is 12.0 Å². The molecule has 0 saturated heterocycles. The number of furan rings is 1. The van der Waals surface area contributed by atoms with Gasteiger partial charge in [-0.05, 0) is 31.5 Å². The zero-order valence-corrected chi connectivity index (χ0v) is 13.1. The van der Waals surface area contributed by atoms with Crippen LogP contribution in [0.4, 0.5) is 0 Å². The summed E-state index contributed by atoms with van der Waals surface area (Å²) in [7, 11) is 0. The number of hydrogen-bond donors (Lipinski definition) is 1. The van der Waals surface area contributed by atoms with Crippen molar-refractivity contribution in [1.82, 2.24) is 14.7 Å². The second-order valence-corrected chi connectivity index (χ2v) is 6.17. The van der Waals surface area contributed by atoms with Crippen molar-refractivity contribution in [1.29, 1.82) is 0 Å². The fourth-order valence-corrected chi connectivity index (χ4v) is 3.24. The first-order valence-corrected chi connectivity index (χ1v) is 8.40. The summed E-state index contributed by atoms with van der Waals surface area (Å²) in [6.07, 6.45) is 10.1. The maximum absolute atomic E-state index is 5.43. The molecule has 0 aliphatic rings. The van der Waals surface area contributed by atoms with Crippen LogP contribution in [0.5, 0.6) is 0 Å². The highest BCUT2D eigenvalue weighted by molar-refractivity contribution is 7.15. The fraction of sp³-hybridized carbons (Fsp3) is 0.438. The number of aryl methyl sites for hydroxylation is 1. The maximum atomic E-state index is 5.43. The van der Waals surface area contributed by atoms with Gasteiger partial charge in [-0.15, -0.1) is 11.3 Å². The Bertz CT molecular complexity index is 627. The number of imidazole rings is 1. The lowest BCUT2D eigenvalue weighted by Crippen LogP contribution is -2.32. The van der Waals surface area contributed by atoms with Gasteiger partial charge in [0.25, 0.3) is 0 Å². The third-order valence-electron chi connectivity index (χ3n) is 3.60. The summed E-state index contributed by atoms with van der Waals surface area (Å²) < 4.78 is 7.53. The molecule has 0 radical (unpaired) electrons. The van der Waals surface area contributed by atoms with E-state index in [0.29, 0.717) is 6.04 Å². The van der Waals surface area contributed by atoms with Crippen molar-refractivity contribution in [2.75, 3.05) is 6.54 Å². The molecule has 3 aromatic heterocycles. The smallest absolute Gasteiger partial charge is 0.193 e. The standard InChI is InChI=1S/C16H21N3OS/c1-2-7-17-13(5-6-15-4-3-9-20-15)11-14-12-19-8-10-21-16(19)18-14/h3-4,8-10,12-13,17H,2,5-7,11H2,1H3. The van der Waals surface area contributed by atoms with Crippen LogP contribution in [-0.2, 0) is 12.8 Å². The summed E-state index contributed by atoms with van der Waals surface area (Å²) in [5.41, 5.74) is 1.16. The average Bonchev–Trinajstić information content (AvgIpc) is 3.18. The van der Waals surface area contributed by atoms with E-state index in [4.69, 9.17) is 4.42 Å². The molecule has 3 heterocycles. The molecule has 3 aromatic rings. The summed E-state index contributed by atoms with van der Waals surface area (Å²) in [5.74, 6) is 1.06. The first-order valence-electron chi connectivity index (χ1n) is 7.52. The third-order valence-corrected chi connectivity index (χ3v) is 4.37. The molecule has 0 aliphatic carbocycles. The zero-order valence-electron chi connectivity index (χ0n) is 12.3. The number of thiazole rings is 1. The predicted molar refractivity (Wildman–Crippen MR) is 85.9 cm³/mol. The Balaban J connectivity index is 1.62. The van der Waals surface area contributed by atoms with Gasteiger partial charge >= 0.3 is 0 Å². The highest BCUT2D eigenvalue weighted by Gasteiger charge is 2.13. The Morgan fingerprint density at radius 3 is 3.19 bits per heavy atom. The summed E-state index contributed by atoms with van der Waals surface area (Å²) in [4.78, 5) is 5.76. The molecule has 5 heteroatoms. The number of fused-ring (bicyclic) bond motifs is 1. The highest BCUT2D eigenvalue weighted by atomic mass is 32.1. The quantitative estimate of drug-likeness (QED) is 0.692. The number of rotatable bonds is 8. The topological polar surface area (TPSA) is 42.5 Å². The third kappa shape index (κ3) is 3.74. The van der Waals surface area contributed by atoms with E-state index in [1.165, 1.54) is 0 Å². The van der Waals surface area contributed by atoms with Gasteiger partial charge in [-0.25, -0.2) is 4.98 Å². The summed E-state index contributed by atoms with van der Waals surface area (Å²) in [6.45, 7) is 3.24. The van der Waals surface area contributed by atoms with Crippen LogP contribution >= 0.6 is 11.3 Å². The first kappa shape index (κ1) is 14.4. The van der Waals surface area contributed by atoms with Crippen LogP contribution in [0.1, 0.15) is 31.2 Å². The van der Waals surface area contributed by atoms with Crippen LogP contribution in [0, 0.1) is 0 Å². The van der Waals surface area contributed by atoms with Crippen LogP contribution < -0.4 is 5.32 Å². The Labute approximate surface area is 128 Å². The van der Waals surface area contributed by atoms with Gasteiger partial charge < -0.3 is 9.73 Å². The van der Waals surface area contributed by atoms with E-state index in [1.54, 1.807) is 17.6 Å². The molecule has 0 aromatic carbocycles. The van der Waals surface area contributed by atoms with Crippen molar-refractivity contribution in [3.05, 3.63) is 47.6 Å². The highest BCUT2D eigenvalue weighted by Crippen LogP contribution is 2.14. The monoisotopic (exact) mass is 303 g/mol. The van der Waals surface area contributed by atoms with Crippen LogP contribution in [0.3, 0.4) is 0 Å². The van der Waals surface area contributed by atoms with Crippen molar-refractivity contribution >= 4 is 16.3 Å². The molecule has 0 saturated carbocycles. The number of aromatic nitrogens is 2. The Morgan fingerprint density at radius 1 is 1.48 bits per heavy atom. The van der Waals surface area contributed by atoms with Gasteiger partial charge in [-0.2, -0.15) is 0 Å². The van der Waals surface area contributed by atoms with Crippen LogP contribution in [0.25, 0.3) is 4.96 Å². The Hall–Kier alpha value is -1.59. The molecule has 4 nitrogen and oxygen atoms in total. The predicted octanol–water partition coefficient (Wildman–Crippen LogP) is 3.53. The Morgan fingerprint density at radius 2 is 2.43 bits per heavy atom. The van der Waals surface area contributed by atoms with Gasteiger partial charge in [-0.3, -0.25) is 4.40 Å². The van der Waals surface area contributed by atoms with Crippen LogP contribution in [-0.4, -0.2) is 22.0 Å². The molecule has 0 spiro atoms. The van der Waals surface area contributed by atoms with Crippen molar-refractivity contribution in [2.24, 2.45) is 0 Å². The molecule has 1 atom stereocenters. The zero-order chi connectivity index (χ0) is 14.5. The summed E-state index contributed by atoms with van der Waals surface area (Å²) in [5, 5.41) is 5.69.